The minimum absolute atomic E-state index is 0.340. The van der Waals surface area contributed by atoms with E-state index in [9.17, 15) is 9.59 Å². The molecule has 0 saturated heterocycles. The Bertz CT molecular complexity index is 478. The summed E-state index contributed by atoms with van der Waals surface area (Å²) in [4.78, 5) is 22.6. The van der Waals surface area contributed by atoms with Crippen molar-refractivity contribution in [3.05, 3.63) is 0 Å². The maximum Gasteiger partial charge on any atom is 0.407 e. The highest BCUT2D eigenvalue weighted by Gasteiger charge is 2.00. The van der Waals surface area contributed by atoms with Gasteiger partial charge < -0.3 is 20.1 Å². The summed E-state index contributed by atoms with van der Waals surface area (Å²) < 4.78 is 10.1. The van der Waals surface area contributed by atoms with Crippen molar-refractivity contribution in [2.24, 2.45) is 0 Å². The van der Waals surface area contributed by atoms with Crippen molar-refractivity contribution in [1.29, 1.82) is 0 Å². The van der Waals surface area contributed by atoms with E-state index in [0.29, 0.717) is 26.3 Å². The van der Waals surface area contributed by atoms with Crippen LogP contribution >= 0.6 is 0 Å². The first-order valence-electron chi connectivity index (χ1n) is 10.5. The fourth-order valence-corrected chi connectivity index (χ4v) is 2.01. The van der Waals surface area contributed by atoms with Crippen molar-refractivity contribution < 1.29 is 19.1 Å². The Morgan fingerprint density at radius 1 is 0.679 bits per heavy atom. The van der Waals surface area contributed by atoms with Crippen LogP contribution in [0.25, 0.3) is 0 Å². The maximum absolute atomic E-state index is 11.3. The normalized spacial score (nSPS) is 9.36. The van der Waals surface area contributed by atoms with Gasteiger partial charge in [-0.3, -0.25) is 0 Å². The Hall–Kier alpha value is -2.34. The second-order valence-electron chi connectivity index (χ2n) is 6.35. The van der Waals surface area contributed by atoms with Crippen LogP contribution in [0.5, 0.6) is 0 Å². The third kappa shape index (κ3) is 20.0. The second kappa shape index (κ2) is 21.0. The summed E-state index contributed by atoms with van der Waals surface area (Å²) in [5.41, 5.74) is 0. The largest absolute Gasteiger partial charge is 0.450 e. The van der Waals surface area contributed by atoms with Crippen LogP contribution in [0.15, 0.2) is 0 Å². The Balaban J connectivity index is 3.44. The molecule has 0 aromatic heterocycles. The van der Waals surface area contributed by atoms with Crippen LogP contribution < -0.4 is 10.6 Å². The Kier molecular flexibility index (Phi) is 19.2. The van der Waals surface area contributed by atoms with Crippen molar-refractivity contribution in [2.75, 3.05) is 26.3 Å². The smallest absolute Gasteiger partial charge is 0.407 e. The van der Waals surface area contributed by atoms with Gasteiger partial charge in [0.2, 0.25) is 0 Å². The number of rotatable bonds is 14. The number of carbonyl (C=O) groups excluding carboxylic acids is 2. The molecular formula is C22H36N2O4. The van der Waals surface area contributed by atoms with Gasteiger partial charge in [-0.2, -0.15) is 0 Å². The Morgan fingerprint density at radius 2 is 1.11 bits per heavy atom. The monoisotopic (exact) mass is 392 g/mol. The lowest BCUT2D eigenvalue weighted by Gasteiger charge is -2.05. The van der Waals surface area contributed by atoms with Crippen LogP contribution in [-0.2, 0) is 9.47 Å². The van der Waals surface area contributed by atoms with E-state index in [4.69, 9.17) is 9.47 Å². The second-order valence-corrected chi connectivity index (χ2v) is 6.35. The number of nitrogens with one attached hydrogen (secondary N) is 2. The first-order chi connectivity index (χ1) is 13.7. The average Bonchev–Trinajstić information content (AvgIpc) is 2.68. The fraction of sp³-hybridized carbons (Fsp3) is 0.727. The van der Waals surface area contributed by atoms with Crippen LogP contribution in [0.2, 0.25) is 0 Å². The lowest BCUT2D eigenvalue weighted by Crippen LogP contribution is -2.25. The molecule has 2 N–H and O–H groups in total. The molecule has 158 valence electrons. The molecule has 0 atom stereocenters. The van der Waals surface area contributed by atoms with Crippen molar-refractivity contribution in [2.45, 2.75) is 78.1 Å². The molecule has 0 bridgehead atoms. The molecule has 6 nitrogen and oxygen atoms in total. The van der Waals surface area contributed by atoms with Gasteiger partial charge >= 0.3 is 12.2 Å². The quantitative estimate of drug-likeness (QED) is 0.340. The van der Waals surface area contributed by atoms with Gasteiger partial charge in [0.1, 0.15) is 0 Å². The zero-order valence-electron chi connectivity index (χ0n) is 17.5. The zero-order valence-corrected chi connectivity index (χ0v) is 17.5. The van der Waals surface area contributed by atoms with Crippen LogP contribution in [0, 0.1) is 23.7 Å². The maximum atomic E-state index is 11.3. The molecule has 0 aliphatic carbocycles. The van der Waals surface area contributed by atoms with E-state index in [1.807, 2.05) is 0 Å². The van der Waals surface area contributed by atoms with E-state index in [1.54, 1.807) is 0 Å². The van der Waals surface area contributed by atoms with Crippen molar-refractivity contribution in [1.82, 2.24) is 10.6 Å². The predicted octanol–water partition coefficient (Wildman–Crippen LogP) is 4.39. The van der Waals surface area contributed by atoms with Gasteiger partial charge in [-0.25, -0.2) is 9.59 Å². The van der Waals surface area contributed by atoms with Crippen LogP contribution in [0.1, 0.15) is 78.1 Å². The van der Waals surface area contributed by atoms with Gasteiger partial charge in [-0.15, -0.1) is 0 Å². The molecule has 0 unspecified atom stereocenters. The minimum atomic E-state index is -0.340. The number of unbranched alkanes of at least 4 members (excludes halogenated alkanes) is 6. The first-order valence-corrected chi connectivity index (χ1v) is 10.5. The highest BCUT2D eigenvalue weighted by Crippen LogP contribution is 1.96. The molecule has 0 radical (unpaired) electrons. The van der Waals surface area contributed by atoms with Crippen LogP contribution in [0.4, 0.5) is 9.59 Å². The molecule has 0 saturated carbocycles. The third-order valence-corrected chi connectivity index (χ3v) is 3.70. The molecule has 0 aliphatic rings. The molecule has 28 heavy (non-hydrogen) atoms. The number of ether oxygens (including phenoxy) is 2. The van der Waals surface area contributed by atoms with Gasteiger partial charge in [0.25, 0.3) is 0 Å². The van der Waals surface area contributed by atoms with Gasteiger partial charge in [0.15, 0.2) is 0 Å². The molecule has 6 heteroatoms. The highest BCUT2D eigenvalue weighted by molar-refractivity contribution is 5.67. The molecule has 0 aromatic rings. The van der Waals surface area contributed by atoms with E-state index in [-0.39, 0.29) is 12.2 Å². The topological polar surface area (TPSA) is 76.7 Å². The molecular weight excluding hydrogens is 356 g/mol. The van der Waals surface area contributed by atoms with Crippen LogP contribution in [-0.4, -0.2) is 38.5 Å². The number of carbonyl (C=O) groups is 2. The summed E-state index contributed by atoms with van der Waals surface area (Å²) in [6.45, 7) is 6.33. The van der Waals surface area contributed by atoms with E-state index in [0.717, 1.165) is 64.2 Å². The minimum Gasteiger partial charge on any atom is -0.450 e. The Labute approximate surface area is 170 Å². The predicted molar refractivity (Wildman–Crippen MR) is 112 cm³/mol. The van der Waals surface area contributed by atoms with E-state index >= 15 is 0 Å². The van der Waals surface area contributed by atoms with Crippen molar-refractivity contribution >= 4 is 12.2 Å². The molecule has 0 heterocycles. The summed E-state index contributed by atoms with van der Waals surface area (Å²) in [5.74, 6) is 11.7. The summed E-state index contributed by atoms with van der Waals surface area (Å²) in [6.07, 6.45) is 8.22. The zero-order chi connectivity index (χ0) is 20.7. The number of hydrogen-bond acceptors (Lipinski definition) is 4. The highest BCUT2D eigenvalue weighted by atomic mass is 16.6. The van der Waals surface area contributed by atoms with E-state index < -0.39 is 0 Å². The number of hydrogen-bond donors (Lipinski definition) is 2. The fourth-order valence-electron chi connectivity index (χ4n) is 2.01. The van der Waals surface area contributed by atoms with E-state index in [1.165, 1.54) is 0 Å². The summed E-state index contributed by atoms with van der Waals surface area (Å²) >= 11 is 0. The molecule has 0 rings (SSSR count). The van der Waals surface area contributed by atoms with Gasteiger partial charge in [0.05, 0.1) is 13.2 Å². The van der Waals surface area contributed by atoms with Crippen molar-refractivity contribution in [3.63, 3.8) is 0 Å². The van der Waals surface area contributed by atoms with Gasteiger partial charge in [0, 0.05) is 25.9 Å². The first kappa shape index (κ1) is 25.7. The van der Waals surface area contributed by atoms with Crippen LogP contribution in [0.3, 0.4) is 0 Å². The van der Waals surface area contributed by atoms with E-state index in [2.05, 4.69) is 48.2 Å². The lowest BCUT2D eigenvalue weighted by molar-refractivity contribution is 0.143. The summed E-state index contributed by atoms with van der Waals surface area (Å²) in [5, 5.41) is 5.42. The lowest BCUT2D eigenvalue weighted by atomic mass is 10.2. The van der Waals surface area contributed by atoms with Crippen molar-refractivity contribution in [3.8, 4) is 23.7 Å². The summed E-state index contributed by atoms with van der Waals surface area (Å²) in [7, 11) is 0. The number of amides is 2. The summed E-state index contributed by atoms with van der Waals surface area (Å²) in [6, 6.07) is 0. The third-order valence-electron chi connectivity index (χ3n) is 3.70. The SMILES string of the molecule is CCCCNC(=O)OCCCCC#CC#CCCCCOC(=O)NCCCC. The van der Waals surface area contributed by atoms with Gasteiger partial charge in [-0.05, 0) is 50.4 Å². The molecule has 0 spiro atoms. The van der Waals surface area contributed by atoms with Gasteiger partial charge in [-0.1, -0.05) is 38.5 Å². The standard InChI is InChI=1S/C22H36N2O4/c1-3-5-17-23-21(25)27-19-15-13-11-9-7-8-10-12-14-16-20-28-22(26)24-18-6-4-2/h3-6,11-20H2,1-2H3,(H,23,25)(H,24,26). The molecule has 0 aromatic carbocycles. The number of alkyl carbamates (subject to hydrolysis) is 2. The molecule has 0 fully saturated rings. The molecule has 0 aliphatic heterocycles. The molecule has 2 amide bonds. The average molecular weight is 393 g/mol. The Morgan fingerprint density at radius 3 is 1.50 bits per heavy atom.